The number of amides is 1. The van der Waals surface area contributed by atoms with Gasteiger partial charge in [0.15, 0.2) is 0 Å². The molecule has 5 nitrogen and oxygen atoms in total. The van der Waals surface area contributed by atoms with Crippen LogP contribution in [0.15, 0.2) is 24.3 Å². The molecule has 0 atom stereocenters. The third-order valence-electron chi connectivity index (χ3n) is 2.54. The van der Waals surface area contributed by atoms with E-state index in [1.54, 1.807) is 26.0 Å². The summed E-state index contributed by atoms with van der Waals surface area (Å²) < 4.78 is 29.2. The topological polar surface area (TPSA) is 63.7 Å². The molecule has 0 bridgehead atoms. The van der Waals surface area contributed by atoms with Gasteiger partial charge in [0.1, 0.15) is 0 Å². The standard InChI is InChI=1S/C14H21NO4S/c1-5-6-12-7-9-13(10-8-12)15(20(4,17)18)14(16)19-11(2)3/h7-11H,5-6H2,1-4H3. The number of hydrogen-bond donors (Lipinski definition) is 0. The summed E-state index contributed by atoms with van der Waals surface area (Å²) in [5, 5.41) is 0. The lowest BCUT2D eigenvalue weighted by molar-refractivity contribution is 0.126. The second kappa shape index (κ2) is 6.74. The molecule has 0 radical (unpaired) electrons. The Morgan fingerprint density at radius 2 is 1.80 bits per heavy atom. The van der Waals surface area contributed by atoms with Crippen molar-refractivity contribution in [2.45, 2.75) is 39.7 Å². The normalized spacial score (nSPS) is 11.4. The molecule has 1 aromatic rings. The first-order chi connectivity index (χ1) is 9.25. The molecule has 1 amide bonds. The van der Waals surface area contributed by atoms with Crippen molar-refractivity contribution in [2.75, 3.05) is 10.6 Å². The molecule has 0 unspecified atom stereocenters. The second-order valence-corrected chi connectivity index (χ2v) is 6.71. The maximum Gasteiger partial charge on any atom is 0.428 e. The SMILES string of the molecule is CCCc1ccc(N(C(=O)OC(C)C)S(C)(=O)=O)cc1. The lowest BCUT2D eigenvalue weighted by Gasteiger charge is -2.21. The van der Waals surface area contributed by atoms with Gasteiger partial charge in [-0.2, -0.15) is 4.31 Å². The van der Waals surface area contributed by atoms with E-state index in [-0.39, 0.29) is 11.8 Å². The summed E-state index contributed by atoms with van der Waals surface area (Å²) >= 11 is 0. The molecule has 0 spiro atoms. The molecule has 0 saturated carbocycles. The predicted octanol–water partition coefficient (Wildman–Crippen LogP) is 2.95. The number of carbonyl (C=O) groups is 1. The van der Waals surface area contributed by atoms with E-state index in [9.17, 15) is 13.2 Å². The van der Waals surface area contributed by atoms with Crippen molar-refractivity contribution >= 4 is 21.8 Å². The molecular weight excluding hydrogens is 278 g/mol. The summed E-state index contributed by atoms with van der Waals surface area (Å²) in [4.78, 5) is 11.9. The Hall–Kier alpha value is -1.56. The predicted molar refractivity (Wildman–Crippen MR) is 79.4 cm³/mol. The highest BCUT2D eigenvalue weighted by atomic mass is 32.2. The van der Waals surface area contributed by atoms with Crippen LogP contribution in [0.3, 0.4) is 0 Å². The zero-order valence-electron chi connectivity index (χ0n) is 12.3. The van der Waals surface area contributed by atoms with Gasteiger partial charge in [0.05, 0.1) is 18.0 Å². The second-order valence-electron chi connectivity index (χ2n) is 4.88. The molecule has 0 aliphatic rings. The van der Waals surface area contributed by atoms with Gasteiger partial charge in [-0.1, -0.05) is 25.5 Å². The number of carbonyl (C=O) groups excluding carboxylic acids is 1. The number of rotatable bonds is 5. The number of nitrogens with zero attached hydrogens (tertiary/aromatic N) is 1. The third-order valence-corrected chi connectivity index (χ3v) is 3.57. The zero-order valence-corrected chi connectivity index (χ0v) is 13.1. The Morgan fingerprint density at radius 3 is 2.20 bits per heavy atom. The molecule has 0 fully saturated rings. The van der Waals surface area contributed by atoms with Crippen molar-refractivity contribution in [3.8, 4) is 0 Å². The van der Waals surface area contributed by atoms with Crippen molar-refractivity contribution < 1.29 is 17.9 Å². The van der Waals surface area contributed by atoms with E-state index in [0.717, 1.165) is 24.7 Å². The van der Waals surface area contributed by atoms with Crippen LogP contribution in [0, 0.1) is 0 Å². The maximum atomic E-state index is 11.9. The van der Waals surface area contributed by atoms with Gasteiger partial charge in [0.25, 0.3) is 0 Å². The minimum Gasteiger partial charge on any atom is -0.446 e. The maximum absolute atomic E-state index is 11.9. The molecule has 0 saturated heterocycles. The quantitative estimate of drug-likeness (QED) is 0.838. The lowest BCUT2D eigenvalue weighted by Crippen LogP contribution is -2.37. The van der Waals surface area contributed by atoms with Gasteiger partial charge < -0.3 is 4.74 Å². The van der Waals surface area contributed by atoms with Crippen LogP contribution in [0.5, 0.6) is 0 Å². The van der Waals surface area contributed by atoms with Crippen LogP contribution in [-0.4, -0.2) is 26.9 Å². The fourth-order valence-corrected chi connectivity index (χ4v) is 2.59. The number of anilines is 1. The number of sulfonamides is 1. The first-order valence-electron chi connectivity index (χ1n) is 6.55. The van der Waals surface area contributed by atoms with Crippen LogP contribution >= 0.6 is 0 Å². The molecule has 112 valence electrons. The molecule has 1 rings (SSSR count). The third kappa shape index (κ3) is 4.52. The van der Waals surface area contributed by atoms with Crippen molar-refractivity contribution in [2.24, 2.45) is 0 Å². The van der Waals surface area contributed by atoms with Gasteiger partial charge in [-0.25, -0.2) is 13.2 Å². The molecule has 20 heavy (non-hydrogen) atoms. The van der Waals surface area contributed by atoms with Crippen molar-refractivity contribution in [1.82, 2.24) is 0 Å². The zero-order chi connectivity index (χ0) is 15.3. The fraction of sp³-hybridized carbons (Fsp3) is 0.500. The Kier molecular flexibility index (Phi) is 5.56. The average molecular weight is 299 g/mol. The van der Waals surface area contributed by atoms with E-state index in [4.69, 9.17) is 4.74 Å². The minimum atomic E-state index is -3.73. The summed E-state index contributed by atoms with van der Waals surface area (Å²) in [5.74, 6) is 0. The summed E-state index contributed by atoms with van der Waals surface area (Å²) in [5.41, 5.74) is 1.39. The summed E-state index contributed by atoms with van der Waals surface area (Å²) in [6, 6.07) is 6.88. The Bertz CT molecular complexity index is 549. The van der Waals surface area contributed by atoms with Gasteiger partial charge in [-0.3, -0.25) is 0 Å². The largest absolute Gasteiger partial charge is 0.446 e. The molecule has 0 aromatic heterocycles. The van der Waals surface area contributed by atoms with Crippen molar-refractivity contribution in [3.63, 3.8) is 0 Å². The number of benzene rings is 1. The van der Waals surface area contributed by atoms with Gasteiger partial charge in [0, 0.05) is 0 Å². The average Bonchev–Trinajstić information content (AvgIpc) is 2.29. The highest BCUT2D eigenvalue weighted by Gasteiger charge is 2.27. The molecule has 0 N–H and O–H groups in total. The summed E-state index contributed by atoms with van der Waals surface area (Å²) in [6.45, 7) is 5.40. The molecule has 0 aliphatic heterocycles. The van der Waals surface area contributed by atoms with Gasteiger partial charge in [0.2, 0.25) is 10.0 Å². The van der Waals surface area contributed by atoms with E-state index >= 15 is 0 Å². The van der Waals surface area contributed by atoms with E-state index in [0.29, 0.717) is 4.31 Å². The van der Waals surface area contributed by atoms with E-state index in [1.807, 2.05) is 12.1 Å². The molecule has 6 heteroatoms. The van der Waals surface area contributed by atoms with Crippen LogP contribution < -0.4 is 4.31 Å². The monoisotopic (exact) mass is 299 g/mol. The fourth-order valence-electron chi connectivity index (χ4n) is 1.77. The molecular formula is C14H21NO4S. The van der Waals surface area contributed by atoms with Gasteiger partial charge >= 0.3 is 6.09 Å². The van der Waals surface area contributed by atoms with Gasteiger partial charge in [-0.05, 0) is 38.0 Å². The van der Waals surface area contributed by atoms with Crippen LogP contribution in [0.4, 0.5) is 10.5 Å². The highest BCUT2D eigenvalue weighted by Crippen LogP contribution is 2.20. The van der Waals surface area contributed by atoms with Crippen LogP contribution in [0.25, 0.3) is 0 Å². The van der Waals surface area contributed by atoms with E-state index in [2.05, 4.69) is 6.92 Å². The molecule has 0 aliphatic carbocycles. The van der Waals surface area contributed by atoms with E-state index < -0.39 is 16.1 Å². The molecule has 0 heterocycles. The first-order valence-corrected chi connectivity index (χ1v) is 8.40. The van der Waals surface area contributed by atoms with Crippen LogP contribution in [0.2, 0.25) is 0 Å². The molecule has 1 aromatic carbocycles. The van der Waals surface area contributed by atoms with Crippen LogP contribution in [-0.2, 0) is 21.2 Å². The lowest BCUT2D eigenvalue weighted by atomic mass is 10.1. The minimum absolute atomic E-state index is 0.290. The summed E-state index contributed by atoms with van der Waals surface area (Å²) in [6.07, 6.45) is 1.63. The van der Waals surface area contributed by atoms with Crippen LogP contribution in [0.1, 0.15) is 32.8 Å². The Morgan fingerprint density at radius 1 is 1.25 bits per heavy atom. The Balaban J connectivity index is 3.09. The number of ether oxygens (including phenoxy) is 1. The number of hydrogen-bond acceptors (Lipinski definition) is 4. The van der Waals surface area contributed by atoms with Crippen molar-refractivity contribution in [1.29, 1.82) is 0 Å². The first kappa shape index (κ1) is 16.5. The smallest absolute Gasteiger partial charge is 0.428 e. The van der Waals surface area contributed by atoms with Crippen molar-refractivity contribution in [3.05, 3.63) is 29.8 Å². The highest BCUT2D eigenvalue weighted by molar-refractivity contribution is 7.92. The van der Waals surface area contributed by atoms with E-state index in [1.165, 1.54) is 0 Å². The summed E-state index contributed by atoms with van der Waals surface area (Å²) in [7, 11) is -3.73. The Labute approximate surface area is 120 Å². The number of aryl methyl sites for hydroxylation is 1. The van der Waals surface area contributed by atoms with Gasteiger partial charge in [-0.15, -0.1) is 0 Å².